The highest BCUT2D eigenvalue weighted by Gasteiger charge is 2.35. The van der Waals surface area contributed by atoms with Crippen LogP contribution in [0.2, 0.25) is 0 Å². The van der Waals surface area contributed by atoms with Crippen molar-refractivity contribution >= 4 is 11.7 Å². The van der Waals surface area contributed by atoms with Crippen molar-refractivity contribution in [1.29, 1.82) is 0 Å². The van der Waals surface area contributed by atoms with Crippen LogP contribution < -0.4 is 10.6 Å². The number of nitrogens with one attached hydrogen (secondary N) is 2. The van der Waals surface area contributed by atoms with Gasteiger partial charge in [-0.05, 0) is 61.4 Å². The van der Waals surface area contributed by atoms with Gasteiger partial charge in [-0.25, -0.2) is 9.78 Å². The highest BCUT2D eigenvalue weighted by Crippen LogP contribution is 2.40. The summed E-state index contributed by atoms with van der Waals surface area (Å²) in [5.41, 5.74) is 3.10. The third-order valence-corrected chi connectivity index (χ3v) is 5.12. The van der Waals surface area contributed by atoms with E-state index in [-0.39, 0.29) is 12.1 Å². The molecule has 6 nitrogen and oxygen atoms in total. The third-order valence-electron chi connectivity index (χ3n) is 5.12. The second-order valence-corrected chi connectivity index (χ2v) is 7.33. The van der Waals surface area contributed by atoms with Gasteiger partial charge < -0.3 is 15.2 Å². The fraction of sp³-hybridized carbons (Fsp3) is 0.318. The first-order chi connectivity index (χ1) is 13.7. The van der Waals surface area contributed by atoms with Gasteiger partial charge in [0, 0.05) is 37.0 Å². The first kappa shape index (κ1) is 18.2. The summed E-state index contributed by atoms with van der Waals surface area (Å²) in [5, 5.41) is 6.03. The van der Waals surface area contributed by atoms with E-state index in [0.29, 0.717) is 5.92 Å². The number of urea groups is 1. The smallest absolute Gasteiger partial charge is 0.319 e. The minimum atomic E-state index is -0.193. The van der Waals surface area contributed by atoms with Crippen LogP contribution in [0.5, 0.6) is 0 Å². The number of hydrogen-bond acceptors (Lipinski definition) is 3. The summed E-state index contributed by atoms with van der Waals surface area (Å²) in [5.74, 6) is 1.38. The highest BCUT2D eigenvalue weighted by molar-refractivity contribution is 5.89. The molecule has 0 aliphatic heterocycles. The molecule has 1 aromatic carbocycles. The van der Waals surface area contributed by atoms with Crippen LogP contribution in [0.15, 0.2) is 61.1 Å². The molecule has 3 aromatic rings. The third kappa shape index (κ3) is 4.57. The van der Waals surface area contributed by atoms with Crippen molar-refractivity contribution in [2.45, 2.75) is 31.7 Å². The second kappa shape index (κ2) is 8.25. The molecule has 1 saturated carbocycles. The normalized spacial score (nSPS) is 14.5. The monoisotopic (exact) mass is 375 g/mol. The molecule has 28 heavy (non-hydrogen) atoms. The number of carbonyl (C=O) groups excluding carboxylic acids is 1. The lowest BCUT2D eigenvalue weighted by Gasteiger charge is -2.18. The van der Waals surface area contributed by atoms with Gasteiger partial charge in [-0.15, -0.1) is 0 Å². The molecule has 1 aliphatic carbocycles. The van der Waals surface area contributed by atoms with Crippen molar-refractivity contribution in [2.75, 3.05) is 5.32 Å². The van der Waals surface area contributed by atoms with Gasteiger partial charge in [0.05, 0.1) is 6.04 Å². The van der Waals surface area contributed by atoms with Gasteiger partial charge in [0.2, 0.25) is 0 Å². The van der Waals surface area contributed by atoms with Gasteiger partial charge in [-0.2, -0.15) is 0 Å². The summed E-state index contributed by atoms with van der Waals surface area (Å²) in [7, 11) is 1.96. The van der Waals surface area contributed by atoms with Crippen molar-refractivity contribution in [3.63, 3.8) is 0 Å². The average Bonchev–Trinajstić information content (AvgIpc) is 3.47. The molecule has 1 fully saturated rings. The van der Waals surface area contributed by atoms with Gasteiger partial charge in [0.1, 0.15) is 5.82 Å². The average molecular weight is 375 g/mol. The zero-order chi connectivity index (χ0) is 19.3. The molecule has 4 rings (SSSR count). The Kier molecular flexibility index (Phi) is 5.37. The first-order valence-corrected chi connectivity index (χ1v) is 9.72. The molecule has 1 unspecified atom stereocenters. The SMILES string of the molecule is Cn1ccnc1C(NC(=O)Nc1ccc(CCc2ccccn2)cc1)C1CC1. The Morgan fingerprint density at radius 2 is 1.93 bits per heavy atom. The highest BCUT2D eigenvalue weighted by atomic mass is 16.2. The fourth-order valence-electron chi connectivity index (χ4n) is 3.38. The quantitative estimate of drug-likeness (QED) is 0.658. The van der Waals surface area contributed by atoms with E-state index >= 15 is 0 Å². The van der Waals surface area contributed by atoms with Gasteiger partial charge in [-0.3, -0.25) is 4.98 Å². The van der Waals surface area contributed by atoms with Crippen LogP contribution in [0.1, 0.15) is 36.0 Å². The predicted molar refractivity (Wildman–Crippen MR) is 109 cm³/mol. The number of hydrogen-bond donors (Lipinski definition) is 2. The molecule has 0 bridgehead atoms. The summed E-state index contributed by atoms with van der Waals surface area (Å²) in [4.78, 5) is 21.3. The van der Waals surface area contributed by atoms with E-state index in [2.05, 4.69) is 32.7 Å². The number of nitrogens with zero attached hydrogens (tertiary/aromatic N) is 3. The van der Waals surface area contributed by atoms with E-state index in [1.165, 1.54) is 5.56 Å². The lowest BCUT2D eigenvalue weighted by Crippen LogP contribution is -2.35. The van der Waals surface area contributed by atoms with E-state index in [1.807, 2.05) is 54.3 Å². The van der Waals surface area contributed by atoms with Crippen LogP contribution in [0.4, 0.5) is 10.5 Å². The number of aromatic nitrogens is 3. The Labute approximate surface area is 165 Å². The van der Waals surface area contributed by atoms with Crippen LogP contribution in [0.3, 0.4) is 0 Å². The topological polar surface area (TPSA) is 71.8 Å². The minimum absolute atomic E-state index is 0.0438. The predicted octanol–water partition coefficient (Wildman–Crippen LogP) is 3.87. The largest absolute Gasteiger partial charge is 0.336 e. The van der Waals surface area contributed by atoms with Crippen molar-refractivity contribution in [3.8, 4) is 0 Å². The van der Waals surface area contributed by atoms with Crippen LogP contribution in [-0.4, -0.2) is 20.6 Å². The molecule has 144 valence electrons. The first-order valence-electron chi connectivity index (χ1n) is 9.72. The van der Waals surface area contributed by atoms with E-state index in [9.17, 15) is 4.79 Å². The lowest BCUT2D eigenvalue weighted by molar-refractivity contribution is 0.246. The number of aryl methyl sites for hydroxylation is 3. The van der Waals surface area contributed by atoms with Crippen LogP contribution in [0.25, 0.3) is 0 Å². The van der Waals surface area contributed by atoms with Crippen LogP contribution in [0, 0.1) is 5.92 Å². The number of pyridine rings is 1. The van der Waals surface area contributed by atoms with Gasteiger partial charge in [0.15, 0.2) is 0 Å². The number of benzene rings is 1. The number of anilines is 1. The summed E-state index contributed by atoms with van der Waals surface area (Å²) in [6.45, 7) is 0. The van der Waals surface area contributed by atoms with Crippen LogP contribution in [-0.2, 0) is 19.9 Å². The number of amides is 2. The zero-order valence-electron chi connectivity index (χ0n) is 16.0. The Bertz CT molecular complexity index is 916. The molecular formula is C22H25N5O. The van der Waals surface area contributed by atoms with Gasteiger partial charge in [0.25, 0.3) is 0 Å². The Balaban J connectivity index is 1.32. The summed E-state index contributed by atoms with van der Waals surface area (Å²) >= 11 is 0. The molecule has 0 saturated heterocycles. The van der Waals surface area contributed by atoms with Crippen molar-refractivity contribution in [3.05, 3.63) is 78.1 Å². The molecule has 2 N–H and O–H groups in total. The molecule has 6 heteroatoms. The molecule has 1 atom stereocenters. The van der Waals surface area contributed by atoms with E-state index in [4.69, 9.17) is 0 Å². The summed E-state index contributed by atoms with van der Waals surface area (Å²) in [6, 6.07) is 13.7. The number of carbonyl (C=O) groups is 1. The number of rotatable bonds is 7. The minimum Gasteiger partial charge on any atom is -0.336 e. The van der Waals surface area contributed by atoms with Crippen molar-refractivity contribution < 1.29 is 4.79 Å². The molecule has 2 amide bonds. The van der Waals surface area contributed by atoms with Gasteiger partial charge in [-0.1, -0.05) is 18.2 Å². The van der Waals surface area contributed by atoms with E-state index in [1.54, 1.807) is 6.20 Å². The summed E-state index contributed by atoms with van der Waals surface area (Å²) < 4.78 is 1.97. The van der Waals surface area contributed by atoms with E-state index in [0.717, 1.165) is 42.9 Å². The molecule has 2 aromatic heterocycles. The maximum Gasteiger partial charge on any atom is 0.319 e. The van der Waals surface area contributed by atoms with Crippen molar-refractivity contribution in [2.24, 2.45) is 13.0 Å². The zero-order valence-corrected chi connectivity index (χ0v) is 16.0. The van der Waals surface area contributed by atoms with E-state index < -0.39 is 0 Å². The Hall–Kier alpha value is -3.15. The Morgan fingerprint density at radius 3 is 2.57 bits per heavy atom. The molecule has 2 heterocycles. The molecule has 1 aliphatic rings. The molecule has 0 radical (unpaired) electrons. The standard InChI is InChI=1S/C22H25N5O/c1-27-15-14-24-21(27)20(17-8-9-17)26-22(28)25-19-11-6-16(7-12-19)5-10-18-4-2-3-13-23-18/h2-4,6-7,11-15,17,20H,5,8-10H2,1H3,(H2,25,26,28). The molecule has 0 spiro atoms. The second-order valence-electron chi connectivity index (χ2n) is 7.33. The Morgan fingerprint density at radius 1 is 1.11 bits per heavy atom. The fourth-order valence-corrected chi connectivity index (χ4v) is 3.38. The maximum absolute atomic E-state index is 12.5. The maximum atomic E-state index is 12.5. The van der Waals surface area contributed by atoms with Crippen LogP contribution >= 0.6 is 0 Å². The van der Waals surface area contributed by atoms with Gasteiger partial charge >= 0.3 is 6.03 Å². The van der Waals surface area contributed by atoms with Crippen molar-refractivity contribution in [1.82, 2.24) is 19.9 Å². The number of imidazole rings is 1. The lowest BCUT2D eigenvalue weighted by atomic mass is 10.1. The summed E-state index contributed by atoms with van der Waals surface area (Å²) in [6.07, 6.45) is 9.58. The molecular weight excluding hydrogens is 350 g/mol.